The molecule has 0 aliphatic carbocycles. The molecule has 0 aromatic carbocycles. The summed E-state index contributed by atoms with van der Waals surface area (Å²) in [6.45, 7) is 5.70. The third kappa shape index (κ3) is 5.06. The second kappa shape index (κ2) is 8.07. The largest absolute Gasteiger partial charge is 0.468 e. The van der Waals surface area contributed by atoms with Gasteiger partial charge in [-0.3, -0.25) is 4.90 Å². The topological polar surface area (TPSA) is 75.0 Å². The molecule has 7 nitrogen and oxygen atoms in total. The van der Waals surface area contributed by atoms with Gasteiger partial charge in [0.25, 0.3) is 10.2 Å². The van der Waals surface area contributed by atoms with Gasteiger partial charge in [-0.2, -0.15) is 12.7 Å². The number of ether oxygens (including phenoxy) is 1. The van der Waals surface area contributed by atoms with Crippen LogP contribution in [0.4, 0.5) is 0 Å². The van der Waals surface area contributed by atoms with Crippen LogP contribution in [0.25, 0.3) is 0 Å². The summed E-state index contributed by atoms with van der Waals surface area (Å²) < 4.78 is 38.6. The molecule has 2 heterocycles. The SMILES string of the molecule is CCN(C)S(=O)(=O)NCCC1CN(Cc2ccco2)CCO1. The van der Waals surface area contributed by atoms with Gasteiger partial charge in [-0.15, -0.1) is 0 Å². The van der Waals surface area contributed by atoms with Crippen molar-refractivity contribution in [3.63, 3.8) is 0 Å². The van der Waals surface area contributed by atoms with Crippen molar-refractivity contribution in [2.75, 3.05) is 39.8 Å². The number of hydrogen-bond acceptors (Lipinski definition) is 5. The summed E-state index contributed by atoms with van der Waals surface area (Å²) in [5.41, 5.74) is 0. The van der Waals surface area contributed by atoms with Crippen molar-refractivity contribution in [2.24, 2.45) is 0 Å². The van der Waals surface area contributed by atoms with Crippen molar-refractivity contribution in [3.05, 3.63) is 24.2 Å². The average Bonchev–Trinajstić information content (AvgIpc) is 2.99. The highest BCUT2D eigenvalue weighted by Crippen LogP contribution is 2.12. The van der Waals surface area contributed by atoms with Crippen molar-refractivity contribution in [3.8, 4) is 0 Å². The number of rotatable bonds is 8. The van der Waals surface area contributed by atoms with E-state index >= 15 is 0 Å². The monoisotopic (exact) mass is 331 g/mol. The fourth-order valence-corrected chi connectivity index (χ4v) is 3.29. The normalized spacial score (nSPS) is 20.6. The zero-order valence-corrected chi connectivity index (χ0v) is 14.0. The van der Waals surface area contributed by atoms with E-state index < -0.39 is 10.2 Å². The lowest BCUT2D eigenvalue weighted by molar-refractivity contribution is -0.0356. The van der Waals surface area contributed by atoms with Crippen LogP contribution in [0, 0.1) is 0 Å². The third-order valence-electron chi connectivity index (χ3n) is 3.79. The van der Waals surface area contributed by atoms with Crippen LogP contribution in [0.2, 0.25) is 0 Å². The molecule has 1 saturated heterocycles. The molecule has 1 unspecified atom stereocenters. The number of hydrogen-bond donors (Lipinski definition) is 1. The van der Waals surface area contributed by atoms with Gasteiger partial charge in [0.1, 0.15) is 5.76 Å². The molecule has 8 heteroatoms. The van der Waals surface area contributed by atoms with Gasteiger partial charge in [0.15, 0.2) is 0 Å². The van der Waals surface area contributed by atoms with Crippen LogP contribution in [-0.4, -0.2) is 63.6 Å². The molecule has 2 rings (SSSR count). The van der Waals surface area contributed by atoms with Gasteiger partial charge in [-0.25, -0.2) is 4.72 Å². The molecule has 1 aliphatic rings. The molecule has 0 saturated carbocycles. The van der Waals surface area contributed by atoms with Crippen molar-refractivity contribution >= 4 is 10.2 Å². The molecule has 0 spiro atoms. The molecule has 1 aromatic heterocycles. The quantitative estimate of drug-likeness (QED) is 0.757. The Morgan fingerprint density at radius 2 is 2.32 bits per heavy atom. The van der Waals surface area contributed by atoms with Gasteiger partial charge in [0, 0.05) is 33.2 Å². The van der Waals surface area contributed by atoms with Gasteiger partial charge in [-0.1, -0.05) is 6.92 Å². The second-order valence-corrected chi connectivity index (χ2v) is 7.27. The summed E-state index contributed by atoms with van der Waals surface area (Å²) in [6, 6.07) is 3.84. The maximum atomic E-state index is 11.8. The lowest BCUT2D eigenvalue weighted by Crippen LogP contribution is -2.44. The average molecular weight is 331 g/mol. The van der Waals surface area contributed by atoms with Gasteiger partial charge in [0.05, 0.1) is 25.5 Å². The van der Waals surface area contributed by atoms with E-state index in [0.29, 0.717) is 26.1 Å². The van der Waals surface area contributed by atoms with Gasteiger partial charge in [0.2, 0.25) is 0 Å². The molecular formula is C14H25N3O4S. The highest BCUT2D eigenvalue weighted by Gasteiger charge is 2.22. The maximum absolute atomic E-state index is 11.8. The zero-order valence-electron chi connectivity index (χ0n) is 13.2. The van der Waals surface area contributed by atoms with Crippen LogP contribution in [0.5, 0.6) is 0 Å². The molecule has 0 radical (unpaired) electrons. The van der Waals surface area contributed by atoms with Crippen molar-refractivity contribution in [2.45, 2.75) is 26.0 Å². The standard InChI is InChI=1S/C14H25N3O4S/c1-3-16(2)22(18,19)15-7-6-14-12-17(8-10-21-14)11-13-5-4-9-20-13/h4-5,9,14-15H,3,6-8,10-12H2,1-2H3. The number of nitrogens with one attached hydrogen (secondary N) is 1. The van der Waals surface area contributed by atoms with E-state index in [1.165, 1.54) is 4.31 Å². The predicted molar refractivity (Wildman–Crippen MR) is 83.6 cm³/mol. The molecule has 1 aromatic rings. The molecule has 1 atom stereocenters. The molecule has 1 fully saturated rings. The summed E-state index contributed by atoms with van der Waals surface area (Å²) >= 11 is 0. The first-order valence-corrected chi connectivity index (χ1v) is 9.02. The van der Waals surface area contributed by atoms with Crippen molar-refractivity contribution < 1.29 is 17.6 Å². The highest BCUT2D eigenvalue weighted by atomic mass is 32.2. The molecule has 0 amide bonds. The Kier molecular flexibility index (Phi) is 6.39. The van der Waals surface area contributed by atoms with E-state index in [-0.39, 0.29) is 6.10 Å². The minimum atomic E-state index is -3.37. The fourth-order valence-electron chi connectivity index (χ4n) is 2.35. The lowest BCUT2D eigenvalue weighted by Gasteiger charge is -2.32. The first-order chi connectivity index (χ1) is 10.5. The Bertz CT molecular complexity index is 532. The summed E-state index contributed by atoms with van der Waals surface area (Å²) in [5, 5.41) is 0. The fraction of sp³-hybridized carbons (Fsp3) is 0.714. The van der Waals surface area contributed by atoms with E-state index in [1.807, 2.05) is 12.1 Å². The molecule has 0 bridgehead atoms. The zero-order chi connectivity index (χ0) is 16.0. The van der Waals surface area contributed by atoms with Crippen LogP contribution < -0.4 is 4.72 Å². The first kappa shape index (κ1) is 17.4. The van der Waals surface area contributed by atoms with E-state index in [1.54, 1.807) is 20.2 Å². The molecule has 1 aliphatic heterocycles. The Hall–Kier alpha value is -0.930. The van der Waals surface area contributed by atoms with E-state index in [0.717, 1.165) is 25.4 Å². The Morgan fingerprint density at radius 3 is 3.00 bits per heavy atom. The van der Waals surface area contributed by atoms with E-state index in [9.17, 15) is 8.42 Å². The third-order valence-corrected chi connectivity index (χ3v) is 5.44. The van der Waals surface area contributed by atoms with Gasteiger partial charge >= 0.3 is 0 Å². The minimum Gasteiger partial charge on any atom is -0.468 e. The maximum Gasteiger partial charge on any atom is 0.279 e. The first-order valence-electron chi connectivity index (χ1n) is 7.58. The highest BCUT2D eigenvalue weighted by molar-refractivity contribution is 7.87. The van der Waals surface area contributed by atoms with Crippen molar-refractivity contribution in [1.29, 1.82) is 0 Å². The van der Waals surface area contributed by atoms with Crippen LogP contribution in [0.15, 0.2) is 22.8 Å². The second-order valence-electron chi connectivity index (χ2n) is 5.41. The molecular weight excluding hydrogens is 306 g/mol. The Labute approximate surface area is 132 Å². The summed E-state index contributed by atoms with van der Waals surface area (Å²) in [6.07, 6.45) is 2.37. The Balaban J connectivity index is 1.74. The number of nitrogens with zero attached hydrogens (tertiary/aromatic N) is 2. The smallest absolute Gasteiger partial charge is 0.279 e. The van der Waals surface area contributed by atoms with Crippen LogP contribution in [0.3, 0.4) is 0 Å². The number of furan rings is 1. The van der Waals surface area contributed by atoms with Crippen molar-refractivity contribution in [1.82, 2.24) is 13.9 Å². The van der Waals surface area contributed by atoms with E-state index in [2.05, 4.69) is 9.62 Å². The van der Waals surface area contributed by atoms with Gasteiger partial charge in [-0.05, 0) is 18.6 Å². The summed E-state index contributed by atoms with van der Waals surface area (Å²) in [7, 11) is -1.81. The lowest BCUT2D eigenvalue weighted by atomic mass is 10.2. The van der Waals surface area contributed by atoms with E-state index in [4.69, 9.17) is 9.15 Å². The molecule has 22 heavy (non-hydrogen) atoms. The van der Waals surface area contributed by atoms with Crippen LogP contribution in [0.1, 0.15) is 19.1 Å². The summed E-state index contributed by atoms with van der Waals surface area (Å²) in [4.78, 5) is 2.26. The summed E-state index contributed by atoms with van der Waals surface area (Å²) in [5.74, 6) is 0.936. The molecule has 1 N–H and O–H groups in total. The van der Waals surface area contributed by atoms with Gasteiger partial charge < -0.3 is 9.15 Å². The minimum absolute atomic E-state index is 0.0401. The van der Waals surface area contributed by atoms with Crippen LogP contribution >= 0.6 is 0 Å². The van der Waals surface area contributed by atoms with Crippen LogP contribution in [-0.2, 0) is 21.5 Å². The Morgan fingerprint density at radius 1 is 1.50 bits per heavy atom. The molecule has 126 valence electrons. The number of morpholine rings is 1. The predicted octanol–water partition coefficient (Wildman–Crippen LogP) is 0.657.